The Balaban J connectivity index is 2.90. The quantitative estimate of drug-likeness (QED) is 0.758. The number of carboxylic acid groups (broad SMARTS) is 1. The molecule has 0 aliphatic rings. The van der Waals surface area contributed by atoms with Gasteiger partial charge in [0.1, 0.15) is 5.76 Å². The number of nitrogens with zero attached hydrogens (tertiary/aromatic N) is 1. The van der Waals surface area contributed by atoms with Gasteiger partial charge < -0.3 is 14.6 Å². The summed E-state index contributed by atoms with van der Waals surface area (Å²) in [7, 11) is 0. The standard InChI is InChI=1S/C14H23NO4/c1-4-11(5-2)15(8-9-16)10(3)12-6-7-13(19-12)14(17)18/h6-7,10-11,16H,4-5,8-9H2,1-3H3,(H,17,18). The van der Waals surface area contributed by atoms with Gasteiger partial charge in [-0.25, -0.2) is 4.79 Å². The van der Waals surface area contributed by atoms with Crippen molar-refractivity contribution in [1.82, 2.24) is 4.90 Å². The highest BCUT2D eigenvalue weighted by Crippen LogP contribution is 2.26. The smallest absolute Gasteiger partial charge is 0.371 e. The highest BCUT2D eigenvalue weighted by molar-refractivity contribution is 5.84. The zero-order chi connectivity index (χ0) is 14.4. The van der Waals surface area contributed by atoms with Gasteiger partial charge in [0.15, 0.2) is 0 Å². The second-order valence-corrected chi connectivity index (χ2v) is 4.61. The third kappa shape index (κ3) is 3.81. The molecule has 1 aromatic heterocycles. The van der Waals surface area contributed by atoms with E-state index in [2.05, 4.69) is 18.7 Å². The molecule has 0 spiro atoms. The van der Waals surface area contributed by atoms with Crippen LogP contribution in [0.5, 0.6) is 0 Å². The third-order valence-electron chi connectivity index (χ3n) is 3.52. The van der Waals surface area contributed by atoms with Crippen molar-refractivity contribution in [2.45, 2.75) is 45.7 Å². The van der Waals surface area contributed by atoms with Crippen molar-refractivity contribution < 1.29 is 19.4 Å². The molecular weight excluding hydrogens is 246 g/mol. The van der Waals surface area contributed by atoms with Gasteiger partial charge in [-0.2, -0.15) is 0 Å². The Morgan fingerprint density at radius 2 is 2.00 bits per heavy atom. The first kappa shape index (κ1) is 15.7. The monoisotopic (exact) mass is 269 g/mol. The van der Waals surface area contributed by atoms with Crippen molar-refractivity contribution in [2.24, 2.45) is 0 Å². The molecule has 1 heterocycles. The number of aromatic carboxylic acids is 1. The van der Waals surface area contributed by atoms with Crippen molar-refractivity contribution in [3.8, 4) is 0 Å². The molecule has 0 bridgehead atoms. The molecule has 0 aliphatic heterocycles. The normalized spacial score (nSPS) is 13.2. The Bertz CT molecular complexity index is 398. The highest BCUT2D eigenvalue weighted by Gasteiger charge is 2.24. The van der Waals surface area contributed by atoms with Crippen LogP contribution in [0, 0.1) is 0 Å². The minimum Gasteiger partial charge on any atom is -0.475 e. The first-order valence-electron chi connectivity index (χ1n) is 6.74. The van der Waals surface area contributed by atoms with Gasteiger partial charge in [-0.1, -0.05) is 13.8 Å². The lowest BCUT2D eigenvalue weighted by atomic mass is 10.1. The van der Waals surface area contributed by atoms with Crippen molar-refractivity contribution in [2.75, 3.05) is 13.2 Å². The van der Waals surface area contributed by atoms with Crippen LogP contribution in [0.3, 0.4) is 0 Å². The predicted octanol–water partition coefficient (Wildman–Crippen LogP) is 2.52. The zero-order valence-corrected chi connectivity index (χ0v) is 11.8. The van der Waals surface area contributed by atoms with E-state index in [9.17, 15) is 9.90 Å². The van der Waals surface area contributed by atoms with Gasteiger partial charge in [-0.05, 0) is 31.9 Å². The fourth-order valence-corrected chi connectivity index (χ4v) is 2.42. The van der Waals surface area contributed by atoms with Gasteiger partial charge >= 0.3 is 5.97 Å². The lowest BCUT2D eigenvalue weighted by molar-refractivity contribution is 0.0643. The van der Waals surface area contributed by atoms with Crippen molar-refractivity contribution in [1.29, 1.82) is 0 Å². The summed E-state index contributed by atoms with van der Waals surface area (Å²) in [5.74, 6) is -0.484. The van der Waals surface area contributed by atoms with E-state index in [0.29, 0.717) is 18.3 Å². The van der Waals surface area contributed by atoms with Gasteiger partial charge in [0, 0.05) is 12.6 Å². The fraction of sp³-hybridized carbons (Fsp3) is 0.643. The number of carbonyl (C=O) groups is 1. The molecule has 2 N–H and O–H groups in total. The Morgan fingerprint density at radius 1 is 1.37 bits per heavy atom. The summed E-state index contributed by atoms with van der Waals surface area (Å²) in [6, 6.07) is 3.46. The second-order valence-electron chi connectivity index (χ2n) is 4.61. The maximum absolute atomic E-state index is 10.8. The van der Waals surface area contributed by atoms with Crippen molar-refractivity contribution >= 4 is 5.97 Å². The van der Waals surface area contributed by atoms with Crippen LogP contribution < -0.4 is 0 Å². The summed E-state index contributed by atoms with van der Waals surface area (Å²) in [4.78, 5) is 13.0. The highest BCUT2D eigenvalue weighted by atomic mass is 16.4. The molecule has 0 amide bonds. The van der Waals surface area contributed by atoms with Gasteiger partial charge in [-0.15, -0.1) is 0 Å². The molecule has 1 aromatic rings. The first-order chi connectivity index (χ1) is 9.04. The van der Waals surface area contributed by atoms with Crippen LogP contribution >= 0.6 is 0 Å². The molecule has 108 valence electrons. The molecule has 0 aliphatic carbocycles. The Morgan fingerprint density at radius 3 is 2.42 bits per heavy atom. The zero-order valence-electron chi connectivity index (χ0n) is 11.8. The first-order valence-corrected chi connectivity index (χ1v) is 6.74. The average Bonchev–Trinajstić information content (AvgIpc) is 2.88. The Hall–Kier alpha value is -1.33. The molecule has 19 heavy (non-hydrogen) atoms. The number of carboxylic acids is 1. The lowest BCUT2D eigenvalue weighted by Crippen LogP contribution is -2.38. The van der Waals surface area contributed by atoms with E-state index in [1.807, 2.05) is 6.92 Å². The van der Waals surface area contributed by atoms with E-state index in [1.54, 1.807) is 6.07 Å². The predicted molar refractivity (Wildman–Crippen MR) is 72.2 cm³/mol. The molecule has 0 radical (unpaired) electrons. The molecular formula is C14H23NO4. The molecule has 5 heteroatoms. The average molecular weight is 269 g/mol. The topological polar surface area (TPSA) is 73.9 Å². The molecule has 0 saturated carbocycles. The molecule has 0 saturated heterocycles. The molecule has 1 unspecified atom stereocenters. The number of hydrogen-bond acceptors (Lipinski definition) is 4. The minimum absolute atomic E-state index is 0.0460. The molecule has 5 nitrogen and oxygen atoms in total. The second kappa shape index (κ2) is 7.31. The largest absolute Gasteiger partial charge is 0.475 e. The summed E-state index contributed by atoms with van der Waals surface area (Å²) in [5.41, 5.74) is 0. The summed E-state index contributed by atoms with van der Waals surface area (Å²) in [6.07, 6.45) is 1.96. The van der Waals surface area contributed by atoms with Crippen LogP contribution in [0.25, 0.3) is 0 Å². The van der Waals surface area contributed by atoms with Crippen molar-refractivity contribution in [3.05, 3.63) is 23.7 Å². The minimum atomic E-state index is -1.06. The van der Waals surface area contributed by atoms with Gasteiger partial charge in [0.2, 0.25) is 5.76 Å². The van der Waals surface area contributed by atoms with E-state index in [1.165, 1.54) is 6.07 Å². The Labute approximate surface area is 113 Å². The van der Waals surface area contributed by atoms with Crippen molar-refractivity contribution in [3.63, 3.8) is 0 Å². The number of hydrogen-bond donors (Lipinski definition) is 2. The van der Waals surface area contributed by atoms with Crippen LogP contribution in [-0.2, 0) is 0 Å². The van der Waals surface area contributed by atoms with E-state index >= 15 is 0 Å². The van der Waals surface area contributed by atoms with E-state index in [-0.39, 0.29) is 18.4 Å². The molecule has 1 atom stereocenters. The summed E-state index contributed by atoms with van der Waals surface area (Å²) in [6.45, 7) is 6.81. The van der Waals surface area contributed by atoms with Gasteiger partial charge in [0.25, 0.3) is 0 Å². The SMILES string of the molecule is CCC(CC)N(CCO)C(C)c1ccc(C(=O)O)o1. The Kier molecular flexibility index (Phi) is 6.05. The van der Waals surface area contributed by atoms with Gasteiger partial charge in [-0.3, -0.25) is 4.90 Å². The molecule has 0 fully saturated rings. The molecule has 1 rings (SSSR count). The number of rotatable bonds is 8. The summed E-state index contributed by atoms with van der Waals surface area (Å²) in [5, 5.41) is 18.1. The van der Waals surface area contributed by atoms with Crippen LogP contribution in [0.2, 0.25) is 0 Å². The van der Waals surface area contributed by atoms with E-state index in [4.69, 9.17) is 9.52 Å². The fourth-order valence-electron chi connectivity index (χ4n) is 2.42. The van der Waals surface area contributed by atoms with Crippen LogP contribution in [0.1, 0.15) is 56.0 Å². The lowest BCUT2D eigenvalue weighted by Gasteiger charge is -2.34. The van der Waals surface area contributed by atoms with E-state index in [0.717, 1.165) is 12.8 Å². The maximum Gasteiger partial charge on any atom is 0.371 e. The number of aliphatic hydroxyl groups is 1. The van der Waals surface area contributed by atoms with Gasteiger partial charge in [0.05, 0.1) is 12.6 Å². The number of furan rings is 1. The number of aliphatic hydroxyl groups excluding tert-OH is 1. The molecule has 0 aromatic carbocycles. The summed E-state index contributed by atoms with van der Waals surface area (Å²) < 4.78 is 5.35. The maximum atomic E-state index is 10.8. The van der Waals surface area contributed by atoms with Crippen LogP contribution in [0.15, 0.2) is 16.5 Å². The van der Waals surface area contributed by atoms with Crippen LogP contribution in [0.4, 0.5) is 0 Å². The summed E-state index contributed by atoms with van der Waals surface area (Å²) >= 11 is 0. The van der Waals surface area contributed by atoms with Crippen LogP contribution in [-0.4, -0.2) is 40.3 Å². The third-order valence-corrected chi connectivity index (χ3v) is 3.52. The van der Waals surface area contributed by atoms with E-state index < -0.39 is 5.97 Å².